The summed E-state index contributed by atoms with van der Waals surface area (Å²) in [6, 6.07) is 1.42. The summed E-state index contributed by atoms with van der Waals surface area (Å²) in [5.74, 6) is 0.716. The fourth-order valence-electron chi connectivity index (χ4n) is 4.44. The van der Waals surface area contributed by atoms with Gasteiger partial charge in [-0.05, 0) is 38.0 Å². The molecular weight excluding hydrogens is 250 g/mol. The lowest BCUT2D eigenvalue weighted by Crippen LogP contribution is -2.47. The Labute approximate surface area is 123 Å². The van der Waals surface area contributed by atoms with E-state index in [9.17, 15) is 0 Å². The van der Waals surface area contributed by atoms with E-state index < -0.39 is 0 Å². The van der Waals surface area contributed by atoms with Crippen LogP contribution in [0.3, 0.4) is 0 Å². The Morgan fingerprint density at radius 3 is 2.25 bits per heavy atom. The van der Waals surface area contributed by atoms with Gasteiger partial charge in [-0.1, -0.05) is 26.2 Å². The molecule has 1 aliphatic heterocycles. The topological polar surface area (TPSA) is 30.5 Å². The van der Waals surface area contributed by atoms with Gasteiger partial charge in [0.2, 0.25) is 0 Å². The highest BCUT2D eigenvalue weighted by atomic mass is 16.7. The lowest BCUT2D eigenvalue weighted by molar-refractivity contribution is -0.180. The minimum atomic E-state index is -0.204. The quantitative estimate of drug-likeness (QED) is 0.853. The second-order valence-electron chi connectivity index (χ2n) is 6.96. The molecule has 3 rings (SSSR count). The first-order valence-electron chi connectivity index (χ1n) is 8.85. The van der Waals surface area contributed by atoms with Gasteiger partial charge in [-0.3, -0.25) is 0 Å². The zero-order chi connectivity index (χ0) is 13.8. The Morgan fingerprint density at radius 2 is 1.65 bits per heavy atom. The molecule has 116 valence electrons. The van der Waals surface area contributed by atoms with E-state index in [2.05, 4.69) is 12.2 Å². The molecular formula is C17H31NO2. The molecule has 3 heteroatoms. The fraction of sp³-hybridized carbons (Fsp3) is 1.00. The summed E-state index contributed by atoms with van der Waals surface area (Å²) in [6.45, 7) is 3.93. The summed E-state index contributed by atoms with van der Waals surface area (Å²) in [7, 11) is 0. The van der Waals surface area contributed by atoms with Crippen molar-refractivity contribution in [3.8, 4) is 0 Å². The van der Waals surface area contributed by atoms with Gasteiger partial charge >= 0.3 is 0 Å². The molecule has 1 atom stereocenters. The molecule has 0 aromatic rings. The van der Waals surface area contributed by atoms with Gasteiger partial charge in [0.25, 0.3) is 0 Å². The van der Waals surface area contributed by atoms with Crippen LogP contribution < -0.4 is 5.32 Å². The van der Waals surface area contributed by atoms with E-state index in [4.69, 9.17) is 9.47 Å². The maximum absolute atomic E-state index is 5.83. The van der Waals surface area contributed by atoms with Crippen molar-refractivity contribution in [3.63, 3.8) is 0 Å². The third-order valence-corrected chi connectivity index (χ3v) is 5.67. The molecule has 2 saturated carbocycles. The molecule has 1 heterocycles. The molecule has 1 spiro atoms. The highest BCUT2D eigenvalue weighted by Gasteiger charge is 2.40. The fourth-order valence-corrected chi connectivity index (χ4v) is 4.44. The van der Waals surface area contributed by atoms with Crippen molar-refractivity contribution in [1.82, 2.24) is 5.32 Å². The molecule has 2 aliphatic carbocycles. The van der Waals surface area contributed by atoms with Crippen molar-refractivity contribution in [2.75, 3.05) is 13.2 Å². The van der Waals surface area contributed by atoms with E-state index in [1.165, 1.54) is 51.4 Å². The Balaban J connectivity index is 1.47. The summed E-state index contributed by atoms with van der Waals surface area (Å²) in [5.41, 5.74) is 0. The third-order valence-electron chi connectivity index (χ3n) is 5.67. The van der Waals surface area contributed by atoms with Gasteiger partial charge in [0.15, 0.2) is 5.79 Å². The number of ether oxygens (including phenoxy) is 2. The number of hydrogen-bond acceptors (Lipinski definition) is 3. The van der Waals surface area contributed by atoms with Crippen LogP contribution in [0.4, 0.5) is 0 Å². The second-order valence-corrected chi connectivity index (χ2v) is 6.96. The Morgan fingerprint density at radius 1 is 1.00 bits per heavy atom. The zero-order valence-corrected chi connectivity index (χ0v) is 13.0. The van der Waals surface area contributed by atoms with Crippen LogP contribution in [-0.2, 0) is 9.47 Å². The van der Waals surface area contributed by atoms with Crippen LogP contribution >= 0.6 is 0 Å². The molecule has 3 fully saturated rings. The molecule has 1 unspecified atom stereocenters. The van der Waals surface area contributed by atoms with Crippen molar-refractivity contribution >= 4 is 0 Å². The normalized spacial score (nSPS) is 29.9. The molecule has 0 amide bonds. The third kappa shape index (κ3) is 3.37. The van der Waals surface area contributed by atoms with Gasteiger partial charge in [-0.2, -0.15) is 0 Å². The van der Waals surface area contributed by atoms with Gasteiger partial charge in [0.05, 0.1) is 13.2 Å². The van der Waals surface area contributed by atoms with E-state index in [0.717, 1.165) is 38.0 Å². The average molecular weight is 281 g/mol. The van der Waals surface area contributed by atoms with Crippen LogP contribution in [0, 0.1) is 5.92 Å². The minimum absolute atomic E-state index is 0.204. The summed E-state index contributed by atoms with van der Waals surface area (Å²) in [4.78, 5) is 0. The standard InChI is InChI=1S/C17H31NO2/c1-2-16(14-6-4-3-5-7-14)18-15-8-10-17(11-9-15)19-12-13-20-17/h14-16,18H,2-13H2,1H3. The Kier molecular flexibility index (Phi) is 5.00. The van der Waals surface area contributed by atoms with Crippen molar-refractivity contribution in [1.29, 1.82) is 0 Å². The summed E-state index contributed by atoms with van der Waals surface area (Å²) < 4.78 is 11.7. The molecule has 1 N–H and O–H groups in total. The van der Waals surface area contributed by atoms with Gasteiger partial charge in [-0.25, -0.2) is 0 Å². The van der Waals surface area contributed by atoms with Crippen LogP contribution in [0.2, 0.25) is 0 Å². The predicted octanol–water partition coefficient (Wildman–Crippen LogP) is 3.62. The summed E-state index contributed by atoms with van der Waals surface area (Å²) >= 11 is 0. The minimum Gasteiger partial charge on any atom is -0.348 e. The molecule has 20 heavy (non-hydrogen) atoms. The predicted molar refractivity (Wildman–Crippen MR) is 80.7 cm³/mol. The lowest BCUT2D eigenvalue weighted by Gasteiger charge is -2.39. The van der Waals surface area contributed by atoms with Crippen molar-refractivity contribution in [2.45, 2.75) is 89.0 Å². The van der Waals surface area contributed by atoms with Gasteiger partial charge < -0.3 is 14.8 Å². The molecule has 0 aromatic heterocycles. The number of hydrogen-bond donors (Lipinski definition) is 1. The molecule has 0 aromatic carbocycles. The first-order valence-corrected chi connectivity index (χ1v) is 8.85. The Bertz CT molecular complexity index is 285. The SMILES string of the molecule is CCC(NC1CCC2(CC1)OCCO2)C1CCCCC1. The van der Waals surface area contributed by atoms with Gasteiger partial charge in [0, 0.05) is 24.9 Å². The molecule has 0 radical (unpaired) electrons. The van der Waals surface area contributed by atoms with Gasteiger partial charge in [0.1, 0.15) is 0 Å². The van der Waals surface area contributed by atoms with Crippen LogP contribution in [0.1, 0.15) is 71.1 Å². The first kappa shape index (κ1) is 14.8. The molecule has 3 aliphatic rings. The smallest absolute Gasteiger partial charge is 0.168 e. The maximum Gasteiger partial charge on any atom is 0.168 e. The highest BCUT2D eigenvalue weighted by Crippen LogP contribution is 2.36. The largest absolute Gasteiger partial charge is 0.348 e. The van der Waals surface area contributed by atoms with Crippen molar-refractivity contribution in [3.05, 3.63) is 0 Å². The van der Waals surface area contributed by atoms with Gasteiger partial charge in [-0.15, -0.1) is 0 Å². The van der Waals surface area contributed by atoms with E-state index in [0.29, 0.717) is 6.04 Å². The molecule has 0 bridgehead atoms. The zero-order valence-electron chi connectivity index (χ0n) is 13.0. The number of rotatable bonds is 4. The van der Waals surface area contributed by atoms with E-state index in [1.54, 1.807) is 0 Å². The summed E-state index contributed by atoms with van der Waals surface area (Å²) in [6.07, 6.45) is 13.1. The van der Waals surface area contributed by atoms with E-state index in [-0.39, 0.29) is 5.79 Å². The summed E-state index contributed by atoms with van der Waals surface area (Å²) in [5, 5.41) is 3.97. The molecule has 1 saturated heterocycles. The van der Waals surface area contributed by atoms with Crippen LogP contribution in [0.5, 0.6) is 0 Å². The monoisotopic (exact) mass is 281 g/mol. The second kappa shape index (κ2) is 6.76. The van der Waals surface area contributed by atoms with Crippen molar-refractivity contribution < 1.29 is 9.47 Å². The lowest BCUT2D eigenvalue weighted by atomic mass is 9.81. The van der Waals surface area contributed by atoms with Crippen molar-refractivity contribution in [2.24, 2.45) is 5.92 Å². The van der Waals surface area contributed by atoms with Crippen LogP contribution in [0.15, 0.2) is 0 Å². The highest BCUT2D eigenvalue weighted by molar-refractivity contribution is 4.88. The number of nitrogens with one attached hydrogen (secondary N) is 1. The van der Waals surface area contributed by atoms with E-state index >= 15 is 0 Å². The molecule has 3 nitrogen and oxygen atoms in total. The van der Waals surface area contributed by atoms with Crippen LogP contribution in [0.25, 0.3) is 0 Å². The van der Waals surface area contributed by atoms with Crippen LogP contribution in [-0.4, -0.2) is 31.1 Å². The van der Waals surface area contributed by atoms with E-state index in [1.807, 2.05) is 0 Å². The first-order chi connectivity index (χ1) is 9.81. The average Bonchev–Trinajstić information content (AvgIpc) is 2.96. The Hall–Kier alpha value is -0.120. The maximum atomic E-state index is 5.83.